The van der Waals surface area contributed by atoms with Crippen molar-refractivity contribution in [3.05, 3.63) is 132 Å². The lowest BCUT2D eigenvalue weighted by Crippen LogP contribution is -2.29. The van der Waals surface area contributed by atoms with Gasteiger partial charge in [0.25, 0.3) is 5.82 Å². The fourth-order valence-corrected chi connectivity index (χ4v) is 6.91. The molecular formula is C42H41N2O+. The van der Waals surface area contributed by atoms with Crippen LogP contribution in [0.1, 0.15) is 61.8 Å². The number of hydrogen-bond acceptors (Lipinski definition) is 1. The van der Waals surface area contributed by atoms with Crippen molar-refractivity contribution in [3.8, 4) is 39.3 Å². The average Bonchev–Trinajstić information content (AvgIpc) is 3.62. The Labute approximate surface area is 266 Å². The fourth-order valence-electron chi connectivity index (χ4n) is 6.91. The monoisotopic (exact) mass is 589 g/mol. The second-order valence-corrected chi connectivity index (χ2v) is 13.0. The smallest absolute Gasteiger partial charge is 0.297 e. The minimum absolute atomic E-state index is 0.390. The summed E-state index contributed by atoms with van der Waals surface area (Å²) in [6.07, 6.45) is 4.39. The third-order valence-corrected chi connectivity index (χ3v) is 9.31. The molecule has 0 atom stereocenters. The van der Waals surface area contributed by atoms with Crippen LogP contribution in [-0.4, -0.2) is 4.57 Å². The maximum Gasteiger partial charge on any atom is 0.297 e. The van der Waals surface area contributed by atoms with Crippen molar-refractivity contribution in [3.63, 3.8) is 0 Å². The van der Waals surface area contributed by atoms with Crippen molar-refractivity contribution in [2.75, 3.05) is 0 Å². The molecule has 0 fully saturated rings. The second-order valence-electron chi connectivity index (χ2n) is 13.0. The third kappa shape index (κ3) is 4.78. The molecule has 0 aliphatic rings. The average molecular weight is 590 g/mol. The Morgan fingerprint density at radius 3 is 1.91 bits per heavy atom. The van der Waals surface area contributed by atoms with Gasteiger partial charge in [0.15, 0.2) is 5.58 Å². The van der Waals surface area contributed by atoms with Crippen LogP contribution in [0.25, 0.3) is 61.3 Å². The molecule has 0 bridgehead atoms. The molecule has 3 nitrogen and oxygen atoms in total. The lowest BCUT2D eigenvalue weighted by Gasteiger charge is -2.18. The van der Waals surface area contributed by atoms with Crippen LogP contribution in [0.4, 0.5) is 0 Å². The van der Waals surface area contributed by atoms with E-state index in [2.05, 4.69) is 167 Å². The van der Waals surface area contributed by atoms with E-state index in [1.165, 1.54) is 50.0 Å². The topological polar surface area (TPSA) is 21.9 Å². The van der Waals surface area contributed by atoms with E-state index in [0.717, 1.165) is 33.5 Å². The SMILES string of the molecule is Cc1ccc2c(oc3c(C)ccc(-c4ccc(-c5ccccc5)cc4)c32)c1-c1n(-c2c(C(C)C)cccc2C(C)C)cc[n+]1C. The summed E-state index contributed by atoms with van der Waals surface area (Å²) in [6.45, 7) is 13.5. The predicted octanol–water partition coefficient (Wildman–Crippen LogP) is 11.1. The lowest BCUT2D eigenvalue weighted by molar-refractivity contribution is -0.659. The van der Waals surface area contributed by atoms with Crippen molar-refractivity contribution >= 4 is 21.9 Å². The van der Waals surface area contributed by atoms with Crippen molar-refractivity contribution in [1.82, 2.24) is 4.57 Å². The van der Waals surface area contributed by atoms with Gasteiger partial charge in [-0.1, -0.05) is 125 Å². The summed E-state index contributed by atoms with van der Waals surface area (Å²) in [6, 6.07) is 35.2. The van der Waals surface area contributed by atoms with Crippen molar-refractivity contribution < 1.29 is 8.98 Å². The van der Waals surface area contributed by atoms with E-state index in [9.17, 15) is 0 Å². The number of furan rings is 1. The summed E-state index contributed by atoms with van der Waals surface area (Å²) in [5.74, 6) is 1.90. The van der Waals surface area contributed by atoms with E-state index in [0.29, 0.717) is 11.8 Å². The van der Waals surface area contributed by atoms with Crippen LogP contribution in [0.3, 0.4) is 0 Å². The van der Waals surface area contributed by atoms with Crippen molar-refractivity contribution in [2.24, 2.45) is 7.05 Å². The van der Waals surface area contributed by atoms with Crippen LogP contribution < -0.4 is 4.57 Å². The van der Waals surface area contributed by atoms with Crippen LogP contribution in [-0.2, 0) is 7.05 Å². The number of rotatable bonds is 6. The standard InChI is InChI=1S/C42H41N2O/c1-26(2)33-14-11-15-34(27(3)4)39(33)44-25-24-43(7)42(44)37-28(5)16-23-36-38-35(22-17-29(6)40(38)45-41(36)37)32-20-18-31(19-21-32)30-12-9-8-10-13-30/h8-27H,1-7H3/q+1. The molecule has 2 heterocycles. The molecule has 3 heteroatoms. The molecule has 0 spiro atoms. The van der Waals surface area contributed by atoms with Gasteiger partial charge in [-0.15, -0.1) is 0 Å². The number of para-hydroxylation sites is 1. The molecule has 0 N–H and O–H groups in total. The van der Waals surface area contributed by atoms with Gasteiger partial charge in [-0.3, -0.25) is 0 Å². The first-order valence-electron chi connectivity index (χ1n) is 16.1. The number of fused-ring (bicyclic) bond motifs is 3. The second kappa shape index (κ2) is 11.2. The van der Waals surface area contributed by atoms with Crippen molar-refractivity contribution in [1.29, 1.82) is 0 Å². The number of hydrogen-bond donors (Lipinski definition) is 0. The summed E-state index contributed by atoms with van der Waals surface area (Å²) in [5, 5.41) is 2.32. The number of benzene rings is 5. The van der Waals surface area contributed by atoms with Gasteiger partial charge < -0.3 is 4.42 Å². The lowest BCUT2D eigenvalue weighted by atomic mass is 9.92. The molecule has 0 radical (unpaired) electrons. The van der Waals surface area contributed by atoms with Crippen LogP contribution in [0.2, 0.25) is 0 Å². The van der Waals surface area contributed by atoms with Crippen LogP contribution in [0.15, 0.2) is 114 Å². The molecule has 2 aromatic heterocycles. The number of aryl methyl sites for hydroxylation is 3. The van der Waals surface area contributed by atoms with E-state index in [4.69, 9.17) is 4.42 Å². The highest BCUT2D eigenvalue weighted by molar-refractivity contribution is 6.16. The highest BCUT2D eigenvalue weighted by Gasteiger charge is 2.30. The first kappa shape index (κ1) is 28.9. The quantitative estimate of drug-likeness (QED) is 0.177. The summed E-state index contributed by atoms with van der Waals surface area (Å²) in [7, 11) is 2.14. The molecule has 45 heavy (non-hydrogen) atoms. The molecule has 0 aliphatic carbocycles. The molecule has 5 aromatic carbocycles. The Hall–Kier alpha value is -4.89. The minimum Gasteiger partial charge on any atom is -0.455 e. The Morgan fingerprint density at radius 1 is 0.622 bits per heavy atom. The highest BCUT2D eigenvalue weighted by Crippen LogP contribution is 2.43. The van der Waals surface area contributed by atoms with E-state index in [-0.39, 0.29) is 0 Å². The van der Waals surface area contributed by atoms with E-state index >= 15 is 0 Å². The zero-order valence-corrected chi connectivity index (χ0v) is 27.3. The Morgan fingerprint density at radius 2 is 1.24 bits per heavy atom. The Bertz CT molecular complexity index is 2150. The molecule has 7 rings (SSSR count). The van der Waals surface area contributed by atoms with Gasteiger partial charge >= 0.3 is 0 Å². The molecule has 0 unspecified atom stereocenters. The van der Waals surface area contributed by atoms with Crippen LogP contribution in [0, 0.1) is 13.8 Å². The van der Waals surface area contributed by atoms with Gasteiger partial charge in [0.2, 0.25) is 0 Å². The van der Waals surface area contributed by atoms with E-state index < -0.39 is 0 Å². The van der Waals surface area contributed by atoms with Gasteiger partial charge in [-0.2, -0.15) is 4.57 Å². The summed E-state index contributed by atoms with van der Waals surface area (Å²) in [4.78, 5) is 0. The largest absolute Gasteiger partial charge is 0.455 e. The molecule has 7 aromatic rings. The molecular weight excluding hydrogens is 548 g/mol. The molecule has 224 valence electrons. The number of aromatic nitrogens is 2. The van der Waals surface area contributed by atoms with E-state index in [1.54, 1.807) is 0 Å². The van der Waals surface area contributed by atoms with Crippen LogP contribution >= 0.6 is 0 Å². The van der Waals surface area contributed by atoms with Crippen molar-refractivity contribution in [2.45, 2.75) is 53.4 Å². The first-order valence-corrected chi connectivity index (χ1v) is 16.1. The Balaban J connectivity index is 1.48. The third-order valence-electron chi connectivity index (χ3n) is 9.31. The van der Waals surface area contributed by atoms with Gasteiger partial charge in [0, 0.05) is 21.9 Å². The molecule has 0 saturated heterocycles. The normalized spacial score (nSPS) is 11.8. The number of imidazole rings is 1. The van der Waals surface area contributed by atoms with Crippen LogP contribution in [0.5, 0.6) is 0 Å². The summed E-state index contributed by atoms with van der Waals surface area (Å²) < 4.78 is 11.6. The molecule has 0 aliphatic heterocycles. The maximum absolute atomic E-state index is 6.95. The Kier molecular flexibility index (Phi) is 7.20. The maximum atomic E-state index is 6.95. The summed E-state index contributed by atoms with van der Waals surface area (Å²) in [5.41, 5.74) is 14.2. The minimum atomic E-state index is 0.390. The predicted molar refractivity (Wildman–Crippen MR) is 188 cm³/mol. The fraction of sp³-hybridized carbons (Fsp3) is 0.214. The van der Waals surface area contributed by atoms with Gasteiger partial charge in [-0.25, -0.2) is 4.57 Å². The van der Waals surface area contributed by atoms with E-state index in [1.807, 2.05) is 0 Å². The summed E-state index contributed by atoms with van der Waals surface area (Å²) >= 11 is 0. The zero-order chi connectivity index (χ0) is 31.4. The zero-order valence-electron chi connectivity index (χ0n) is 27.3. The highest BCUT2D eigenvalue weighted by atomic mass is 16.3. The molecule has 0 saturated carbocycles. The first-order chi connectivity index (χ1) is 21.7. The van der Waals surface area contributed by atoms with Gasteiger partial charge in [0.1, 0.15) is 29.2 Å². The molecule has 0 amide bonds. The number of nitrogens with zero attached hydrogens (tertiary/aromatic N) is 2. The van der Waals surface area contributed by atoms with Gasteiger partial charge in [0.05, 0.1) is 7.05 Å². The van der Waals surface area contributed by atoms with Gasteiger partial charge in [-0.05, 0) is 59.1 Å².